The smallest absolute Gasteiger partial charge is 0.313 e. The lowest BCUT2D eigenvalue weighted by atomic mass is 9.62. The van der Waals surface area contributed by atoms with Gasteiger partial charge in [0.1, 0.15) is 18.0 Å². The van der Waals surface area contributed by atoms with Crippen LogP contribution in [0.1, 0.15) is 99.8 Å². The zero-order valence-electron chi connectivity index (χ0n) is 18.2. The minimum atomic E-state index is -0.514. The molecule has 0 amide bonds. The molecule has 0 bridgehead atoms. The highest BCUT2D eigenvalue weighted by Gasteiger charge is 2.48. The lowest BCUT2D eigenvalue weighted by Gasteiger charge is -2.43. The molecule has 2 saturated carbocycles. The fourth-order valence-electron chi connectivity index (χ4n) is 4.22. The molecular weight excluding hydrogens is 324 g/mol. The Morgan fingerprint density at radius 3 is 2.08 bits per heavy atom. The van der Waals surface area contributed by atoms with Crippen molar-refractivity contribution in [1.29, 1.82) is 0 Å². The zero-order chi connectivity index (χ0) is 19.6. The van der Waals surface area contributed by atoms with Gasteiger partial charge in [0.05, 0.1) is 5.41 Å². The van der Waals surface area contributed by atoms with E-state index in [9.17, 15) is 4.79 Å². The van der Waals surface area contributed by atoms with Crippen LogP contribution in [-0.4, -0.2) is 18.2 Å². The van der Waals surface area contributed by atoms with Gasteiger partial charge in [-0.05, 0) is 68.8 Å². The van der Waals surface area contributed by atoms with Crippen molar-refractivity contribution in [3.05, 3.63) is 11.3 Å². The Balaban J connectivity index is 2.08. The Morgan fingerprint density at radius 2 is 1.65 bits per heavy atom. The van der Waals surface area contributed by atoms with E-state index in [0.29, 0.717) is 6.61 Å². The number of ether oxygens (including phenoxy) is 2. The van der Waals surface area contributed by atoms with Crippen LogP contribution in [0.25, 0.3) is 0 Å². The Bertz CT molecular complexity index is 526. The van der Waals surface area contributed by atoms with Crippen molar-refractivity contribution in [2.24, 2.45) is 16.7 Å². The average molecular weight is 365 g/mol. The van der Waals surface area contributed by atoms with Crippen molar-refractivity contribution >= 4 is 5.97 Å². The Morgan fingerprint density at radius 1 is 1.08 bits per heavy atom. The predicted molar refractivity (Wildman–Crippen MR) is 107 cm³/mol. The molecule has 150 valence electrons. The average Bonchev–Trinajstić information content (AvgIpc) is 3.42. The summed E-state index contributed by atoms with van der Waals surface area (Å²) in [7, 11) is 0. The van der Waals surface area contributed by atoms with E-state index in [1.807, 2.05) is 6.92 Å². The van der Waals surface area contributed by atoms with Crippen molar-refractivity contribution < 1.29 is 14.3 Å². The van der Waals surface area contributed by atoms with Gasteiger partial charge in [-0.2, -0.15) is 0 Å². The van der Waals surface area contributed by atoms with Crippen LogP contribution in [-0.2, 0) is 14.3 Å². The first-order valence-electron chi connectivity index (χ1n) is 10.6. The Hall–Kier alpha value is -0.990. The molecule has 1 unspecified atom stereocenters. The summed E-state index contributed by atoms with van der Waals surface area (Å²) in [5.41, 5.74) is 0.638. The van der Waals surface area contributed by atoms with Crippen LogP contribution < -0.4 is 0 Å². The first-order chi connectivity index (χ1) is 12.1. The van der Waals surface area contributed by atoms with E-state index < -0.39 is 5.41 Å². The lowest BCUT2D eigenvalue weighted by Crippen LogP contribution is -2.46. The van der Waals surface area contributed by atoms with Gasteiger partial charge in [0, 0.05) is 0 Å². The van der Waals surface area contributed by atoms with Gasteiger partial charge < -0.3 is 9.47 Å². The second-order valence-electron chi connectivity index (χ2n) is 9.91. The van der Waals surface area contributed by atoms with Crippen LogP contribution in [0.15, 0.2) is 11.3 Å². The van der Waals surface area contributed by atoms with Gasteiger partial charge in [-0.15, -0.1) is 0 Å². The number of carbonyl (C=O) groups excluding carboxylic acids is 1. The highest BCUT2D eigenvalue weighted by atomic mass is 16.6. The molecule has 1 atom stereocenters. The van der Waals surface area contributed by atoms with Crippen LogP contribution in [0.2, 0.25) is 0 Å². The molecule has 0 spiro atoms. The molecule has 26 heavy (non-hydrogen) atoms. The normalized spacial score (nSPS) is 21.9. The van der Waals surface area contributed by atoms with Crippen molar-refractivity contribution in [2.75, 3.05) is 6.61 Å². The minimum Gasteiger partial charge on any atom is -0.488 e. The summed E-state index contributed by atoms with van der Waals surface area (Å²) in [4.78, 5) is 13.0. The standard InChI is InChI=1S/C23H40O3/c1-8-23(14-10-9-11-15-23)26-19(18-12-13-18)16-25-20(24)22(7,17(2)3)21(4,5)6/h17H,8-16H2,1-7H3. The molecule has 0 aromatic carbocycles. The maximum Gasteiger partial charge on any atom is 0.313 e. The fourth-order valence-corrected chi connectivity index (χ4v) is 4.22. The van der Waals surface area contributed by atoms with E-state index in [4.69, 9.17) is 9.47 Å². The SMILES string of the molecule is CCC1(OC(COC(=O)C(C)(C(C)C)C(C)(C)C)=C2CC2)CCCCC1. The molecule has 0 aliphatic heterocycles. The monoisotopic (exact) mass is 364 g/mol. The molecule has 2 aliphatic rings. The summed E-state index contributed by atoms with van der Waals surface area (Å²) >= 11 is 0. The third kappa shape index (κ3) is 4.46. The van der Waals surface area contributed by atoms with E-state index in [2.05, 4.69) is 41.5 Å². The maximum absolute atomic E-state index is 13.0. The van der Waals surface area contributed by atoms with E-state index in [0.717, 1.165) is 37.9 Å². The number of hydrogen-bond acceptors (Lipinski definition) is 3. The molecule has 0 radical (unpaired) electrons. The van der Waals surface area contributed by atoms with Gasteiger partial charge in [-0.1, -0.05) is 48.0 Å². The van der Waals surface area contributed by atoms with Gasteiger partial charge >= 0.3 is 5.97 Å². The largest absolute Gasteiger partial charge is 0.488 e. The van der Waals surface area contributed by atoms with Crippen molar-refractivity contribution in [3.63, 3.8) is 0 Å². The quantitative estimate of drug-likeness (QED) is 0.386. The number of allylic oxidation sites excluding steroid dienone is 1. The van der Waals surface area contributed by atoms with Gasteiger partial charge in [0.2, 0.25) is 0 Å². The molecule has 3 nitrogen and oxygen atoms in total. The second-order valence-corrected chi connectivity index (χ2v) is 9.91. The summed E-state index contributed by atoms with van der Waals surface area (Å²) in [5, 5.41) is 0. The highest BCUT2D eigenvalue weighted by molar-refractivity contribution is 5.77. The van der Waals surface area contributed by atoms with Crippen LogP contribution >= 0.6 is 0 Å². The van der Waals surface area contributed by atoms with Gasteiger partial charge in [0.15, 0.2) is 0 Å². The number of rotatable bonds is 7. The van der Waals surface area contributed by atoms with E-state index in [-0.39, 0.29) is 22.9 Å². The third-order valence-corrected chi connectivity index (χ3v) is 7.11. The van der Waals surface area contributed by atoms with Gasteiger partial charge in [0.25, 0.3) is 0 Å². The Labute approximate surface area is 160 Å². The van der Waals surface area contributed by atoms with Crippen LogP contribution in [0.4, 0.5) is 0 Å². The van der Waals surface area contributed by atoms with Crippen molar-refractivity contribution in [1.82, 2.24) is 0 Å². The molecule has 2 aliphatic carbocycles. The predicted octanol–water partition coefficient (Wildman–Crippen LogP) is 6.42. The van der Waals surface area contributed by atoms with E-state index in [1.54, 1.807) is 0 Å². The maximum atomic E-state index is 13.0. The number of hydrogen-bond donors (Lipinski definition) is 0. The summed E-state index contributed by atoms with van der Waals surface area (Å²) in [6, 6.07) is 0. The third-order valence-electron chi connectivity index (χ3n) is 7.11. The van der Waals surface area contributed by atoms with Crippen molar-refractivity contribution in [2.45, 2.75) is 105 Å². The molecule has 0 aromatic rings. The molecule has 0 N–H and O–H groups in total. The first-order valence-corrected chi connectivity index (χ1v) is 10.6. The summed E-state index contributed by atoms with van der Waals surface area (Å²) in [6.07, 6.45) is 9.26. The molecule has 2 fully saturated rings. The van der Waals surface area contributed by atoms with Gasteiger partial charge in [-0.25, -0.2) is 0 Å². The lowest BCUT2D eigenvalue weighted by molar-refractivity contribution is -0.167. The topological polar surface area (TPSA) is 35.5 Å². The van der Waals surface area contributed by atoms with E-state index in [1.165, 1.54) is 24.8 Å². The molecule has 2 rings (SSSR count). The number of esters is 1. The fraction of sp³-hybridized carbons (Fsp3) is 0.870. The Kier molecular flexibility index (Phi) is 6.51. The number of carbonyl (C=O) groups is 1. The minimum absolute atomic E-state index is 0.0407. The van der Waals surface area contributed by atoms with Crippen LogP contribution in [0.5, 0.6) is 0 Å². The zero-order valence-corrected chi connectivity index (χ0v) is 18.2. The molecular formula is C23H40O3. The van der Waals surface area contributed by atoms with Crippen molar-refractivity contribution in [3.8, 4) is 0 Å². The van der Waals surface area contributed by atoms with Gasteiger partial charge in [-0.3, -0.25) is 4.79 Å². The second kappa shape index (κ2) is 7.94. The molecule has 3 heteroatoms. The summed E-state index contributed by atoms with van der Waals surface area (Å²) in [5.74, 6) is 1.06. The highest BCUT2D eigenvalue weighted by Crippen LogP contribution is 2.46. The molecule has 0 heterocycles. The van der Waals surface area contributed by atoms with E-state index >= 15 is 0 Å². The van der Waals surface area contributed by atoms with Crippen LogP contribution in [0, 0.1) is 16.7 Å². The molecule has 0 aromatic heterocycles. The summed E-state index contributed by atoms with van der Waals surface area (Å²) < 4.78 is 12.4. The molecule has 0 saturated heterocycles. The summed E-state index contributed by atoms with van der Waals surface area (Å²) in [6.45, 7) is 15.2. The van der Waals surface area contributed by atoms with Crippen LogP contribution in [0.3, 0.4) is 0 Å². The first kappa shape index (κ1) is 21.3.